The van der Waals surface area contributed by atoms with Crippen molar-refractivity contribution in [3.63, 3.8) is 0 Å². The lowest BCUT2D eigenvalue weighted by Crippen LogP contribution is -2.23. The van der Waals surface area contributed by atoms with Gasteiger partial charge in [-0.25, -0.2) is 0 Å². The van der Waals surface area contributed by atoms with Crippen molar-refractivity contribution in [3.05, 3.63) is 35.9 Å². The van der Waals surface area contributed by atoms with Crippen LogP contribution in [0.3, 0.4) is 0 Å². The zero-order valence-corrected chi connectivity index (χ0v) is 10.8. The highest BCUT2D eigenvalue weighted by Crippen LogP contribution is 2.07. The third-order valence-corrected chi connectivity index (χ3v) is 2.84. The highest BCUT2D eigenvalue weighted by Gasteiger charge is 2.13. The van der Waals surface area contributed by atoms with Crippen molar-refractivity contribution in [2.75, 3.05) is 20.7 Å². The van der Waals surface area contributed by atoms with Gasteiger partial charge in [0.1, 0.15) is 0 Å². The van der Waals surface area contributed by atoms with Crippen LogP contribution < -0.4 is 0 Å². The highest BCUT2D eigenvalue weighted by molar-refractivity contribution is 5.71. The number of hydrogen-bond donors (Lipinski definition) is 0. The number of nitrogens with zero attached hydrogens (tertiary/aromatic N) is 1. The molecule has 1 rings (SSSR count). The van der Waals surface area contributed by atoms with Crippen LogP contribution >= 0.6 is 0 Å². The Hall–Kier alpha value is -1.35. The van der Waals surface area contributed by atoms with Crippen molar-refractivity contribution >= 4 is 5.97 Å². The first-order chi connectivity index (χ1) is 8.13. The second-order valence-corrected chi connectivity index (χ2v) is 4.44. The summed E-state index contributed by atoms with van der Waals surface area (Å²) in [4.78, 5) is 13.5. The molecule has 0 aromatic heterocycles. The van der Waals surface area contributed by atoms with Gasteiger partial charge in [-0.2, -0.15) is 0 Å². The number of rotatable bonds is 6. The Balaban J connectivity index is 2.31. The molecule has 1 aromatic carbocycles. The third-order valence-electron chi connectivity index (χ3n) is 2.84. The van der Waals surface area contributed by atoms with E-state index in [0.717, 1.165) is 19.5 Å². The highest BCUT2D eigenvalue weighted by atomic mass is 16.5. The number of carbonyl (C=O) groups excluding carboxylic acids is 1. The summed E-state index contributed by atoms with van der Waals surface area (Å²) < 4.78 is 4.71. The van der Waals surface area contributed by atoms with Crippen molar-refractivity contribution < 1.29 is 9.53 Å². The van der Waals surface area contributed by atoms with Crippen LogP contribution in [0.15, 0.2) is 30.3 Å². The van der Waals surface area contributed by atoms with Gasteiger partial charge in [0.2, 0.25) is 0 Å². The zero-order chi connectivity index (χ0) is 12.7. The molecular formula is C14H21NO2. The number of benzene rings is 1. The Kier molecular flexibility index (Phi) is 5.70. The molecular weight excluding hydrogens is 214 g/mol. The predicted octanol–water partition coefficient (Wildman–Crippen LogP) is 2.32. The summed E-state index contributed by atoms with van der Waals surface area (Å²) in [6.07, 6.45) is 0.829. The molecule has 1 atom stereocenters. The van der Waals surface area contributed by atoms with Gasteiger partial charge in [0, 0.05) is 6.54 Å². The average molecular weight is 235 g/mol. The molecule has 94 valence electrons. The number of esters is 1. The average Bonchev–Trinajstić information content (AvgIpc) is 2.36. The smallest absolute Gasteiger partial charge is 0.308 e. The molecule has 1 aromatic rings. The second kappa shape index (κ2) is 7.07. The summed E-state index contributed by atoms with van der Waals surface area (Å²) in [5.74, 6) is -0.156. The summed E-state index contributed by atoms with van der Waals surface area (Å²) in [7, 11) is 3.50. The van der Waals surface area contributed by atoms with Gasteiger partial charge in [0.05, 0.1) is 13.0 Å². The summed E-state index contributed by atoms with van der Waals surface area (Å²) in [6, 6.07) is 10.3. The van der Waals surface area contributed by atoms with Crippen LogP contribution in [0.5, 0.6) is 0 Å². The van der Waals surface area contributed by atoms with Crippen LogP contribution in [0, 0.1) is 5.92 Å². The molecule has 0 spiro atoms. The molecule has 0 aliphatic rings. The van der Waals surface area contributed by atoms with Gasteiger partial charge >= 0.3 is 5.97 Å². The van der Waals surface area contributed by atoms with E-state index in [0.29, 0.717) is 0 Å². The largest absolute Gasteiger partial charge is 0.469 e. The molecule has 0 N–H and O–H groups in total. The molecule has 3 heteroatoms. The van der Waals surface area contributed by atoms with Crippen LogP contribution in [0.2, 0.25) is 0 Å². The normalized spacial score (nSPS) is 12.5. The van der Waals surface area contributed by atoms with Crippen LogP contribution in [0.1, 0.15) is 18.9 Å². The molecule has 3 nitrogen and oxygen atoms in total. The van der Waals surface area contributed by atoms with E-state index in [4.69, 9.17) is 4.74 Å². The summed E-state index contributed by atoms with van der Waals surface area (Å²) in [5, 5.41) is 0. The van der Waals surface area contributed by atoms with E-state index in [9.17, 15) is 4.79 Å². The maximum absolute atomic E-state index is 11.2. The van der Waals surface area contributed by atoms with E-state index in [1.807, 2.05) is 25.1 Å². The van der Waals surface area contributed by atoms with Gasteiger partial charge in [-0.15, -0.1) is 0 Å². The first-order valence-electron chi connectivity index (χ1n) is 5.93. The summed E-state index contributed by atoms with van der Waals surface area (Å²) in [6.45, 7) is 3.71. The Morgan fingerprint density at radius 1 is 1.35 bits per heavy atom. The van der Waals surface area contributed by atoms with E-state index < -0.39 is 0 Å². The molecule has 0 saturated carbocycles. The number of hydrogen-bond acceptors (Lipinski definition) is 3. The first-order valence-corrected chi connectivity index (χ1v) is 5.93. The van der Waals surface area contributed by atoms with Gasteiger partial charge in [-0.05, 0) is 25.6 Å². The van der Waals surface area contributed by atoms with E-state index >= 15 is 0 Å². The van der Waals surface area contributed by atoms with E-state index in [1.165, 1.54) is 12.7 Å². The van der Waals surface area contributed by atoms with Crippen molar-refractivity contribution in [2.45, 2.75) is 19.9 Å². The molecule has 0 heterocycles. The summed E-state index contributed by atoms with van der Waals surface area (Å²) >= 11 is 0. The Morgan fingerprint density at radius 2 is 2.00 bits per heavy atom. The predicted molar refractivity (Wildman–Crippen MR) is 68.6 cm³/mol. The number of carbonyl (C=O) groups is 1. The van der Waals surface area contributed by atoms with Crippen molar-refractivity contribution in [1.82, 2.24) is 4.90 Å². The number of ether oxygens (including phenoxy) is 1. The Labute approximate surface area is 103 Å². The second-order valence-electron chi connectivity index (χ2n) is 4.44. The van der Waals surface area contributed by atoms with E-state index in [1.54, 1.807) is 0 Å². The fourth-order valence-corrected chi connectivity index (χ4v) is 1.71. The topological polar surface area (TPSA) is 29.5 Å². The van der Waals surface area contributed by atoms with Crippen LogP contribution in [-0.4, -0.2) is 31.6 Å². The molecule has 0 radical (unpaired) electrons. The number of methoxy groups -OCH3 is 1. The lowest BCUT2D eigenvalue weighted by atomic mass is 10.1. The minimum Gasteiger partial charge on any atom is -0.469 e. The van der Waals surface area contributed by atoms with E-state index in [-0.39, 0.29) is 11.9 Å². The molecule has 0 aliphatic carbocycles. The van der Waals surface area contributed by atoms with Crippen LogP contribution in [0.25, 0.3) is 0 Å². The fraction of sp³-hybridized carbons (Fsp3) is 0.500. The summed E-state index contributed by atoms with van der Waals surface area (Å²) in [5.41, 5.74) is 1.29. The molecule has 0 fully saturated rings. The lowest BCUT2D eigenvalue weighted by Gasteiger charge is -2.18. The molecule has 0 saturated heterocycles. The van der Waals surface area contributed by atoms with Crippen LogP contribution in [-0.2, 0) is 16.1 Å². The quantitative estimate of drug-likeness (QED) is 0.709. The Bertz CT molecular complexity index is 337. The van der Waals surface area contributed by atoms with Crippen molar-refractivity contribution in [1.29, 1.82) is 0 Å². The Morgan fingerprint density at radius 3 is 2.59 bits per heavy atom. The van der Waals surface area contributed by atoms with Crippen molar-refractivity contribution in [2.24, 2.45) is 5.92 Å². The standard InChI is InChI=1S/C14H21NO2/c1-12(14(16)17-3)9-10-15(2)11-13-7-5-4-6-8-13/h4-8,12H,9-11H2,1-3H3. The zero-order valence-electron chi connectivity index (χ0n) is 10.8. The van der Waals surface area contributed by atoms with Gasteiger partial charge in [-0.1, -0.05) is 37.3 Å². The van der Waals surface area contributed by atoms with E-state index in [2.05, 4.69) is 24.1 Å². The fourth-order valence-electron chi connectivity index (χ4n) is 1.71. The van der Waals surface area contributed by atoms with Gasteiger partial charge in [-0.3, -0.25) is 4.79 Å². The van der Waals surface area contributed by atoms with Gasteiger partial charge < -0.3 is 9.64 Å². The van der Waals surface area contributed by atoms with Gasteiger partial charge in [0.25, 0.3) is 0 Å². The van der Waals surface area contributed by atoms with Gasteiger partial charge in [0.15, 0.2) is 0 Å². The molecule has 0 amide bonds. The first kappa shape index (κ1) is 13.7. The van der Waals surface area contributed by atoms with Crippen molar-refractivity contribution in [3.8, 4) is 0 Å². The third kappa shape index (κ3) is 5.00. The van der Waals surface area contributed by atoms with Crippen LogP contribution in [0.4, 0.5) is 0 Å². The molecule has 0 aliphatic heterocycles. The minimum absolute atomic E-state index is 0.0294. The lowest BCUT2D eigenvalue weighted by molar-refractivity contribution is -0.145. The maximum atomic E-state index is 11.2. The SMILES string of the molecule is COC(=O)C(C)CCN(C)Cc1ccccc1. The minimum atomic E-state index is -0.127. The molecule has 17 heavy (non-hydrogen) atoms. The molecule has 1 unspecified atom stereocenters. The maximum Gasteiger partial charge on any atom is 0.308 e. The monoisotopic (exact) mass is 235 g/mol. The molecule has 0 bridgehead atoms.